The molecule has 36 heavy (non-hydrogen) atoms. The summed E-state index contributed by atoms with van der Waals surface area (Å²) in [6.45, 7) is 11.6. The standard InChI is InChI=1S/C28H35N5O3/c1-21(2)15-25-17-26(30-36-25)28(34)33-13-14-35-27-7-6-22(16-23(27)19-33)18-31-9-11-32(12-10-31)20-24-5-3-4-8-29-24/h3-8,16-17,21H,9-15,18-20H2,1-2H3. The maximum Gasteiger partial charge on any atom is 0.276 e. The Bertz CT molecular complexity index is 1160. The molecule has 0 spiro atoms. The lowest BCUT2D eigenvalue weighted by atomic mass is 10.1. The van der Waals surface area contributed by atoms with Crippen LogP contribution in [-0.2, 0) is 26.1 Å². The van der Waals surface area contributed by atoms with Gasteiger partial charge >= 0.3 is 0 Å². The van der Waals surface area contributed by atoms with Crippen molar-refractivity contribution in [3.63, 3.8) is 0 Å². The fourth-order valence-electron chi connectivity index (χ4n) is 4.88. The highest BCUT2D eigenvalue weighted by atomic mass is 16.5. The lowest BCUT2D eigenvalue weighted by Gasteiger charge is -2.34. The molecule has 0 radical (unpaired) electrons. The van der Waals surface area contributed by atoms with Crippen molar-refractivity contribution in [2.24, 2.45) is 5.92 Å². The first-order valence-corrected chi connectivity index (χ1v) is 12.9. The molecule has 3 aromatic rings. The number of hydrogen-bond donors (Lipinski definition) is 0. The van der Waals surface area contributed by atoms with Crippen LogP contribution in [0.25, 0.3) is 0 Å². The lowest BCUT2D eigenvalue weighted by molar-refractivity contribution is 0.0722. The second kappa shape index (κ2) is 11.2. The first kappa shape index (κ1) is 24.5. The van der Waals surface area contributed by atoms with Crippen LogP contribution < -0.4 is 4.74 Å². The van der Waals surface area contributed by atoms with Crippen molar-refractivity contribution in [3.8, 4) is 5.75 Å². The molecule has 0 bridgehead atoms. The number of piperazine rings is 1. The second-order valence-electron chi connectivity index (χ2n) is 10.2. The van der Waals surface area contributed by atoms with E-state index >= 15 is 0 Å². The molecule has 4 heterocycles. The summed E-state index contributed by atoms with van der Waals surface area (Å²) in [5.74, 6) is 1.94. The molecule has 5 rings (SSSR count). The number of carbonyl (C=O) groups excluding carboxylic acids is 1. The van der Waals surface area contributed by atoms with Gasteiger partial charge < -0.3 is 14.2 Å². The predicted molar refractivity (Wildman–Crippen MR) is 137 cm³/mol. The molecule has 8 heteroatoms. The molecule has 0 N–H and O–H groups in total. The number of rotatable bonds is 7. The molecule has 1 aromatic carbocycles. The highest BCUT2D eigenvalue weighted by molar-refractivity contribution is 5.92. The molecule has 2 aliphatic heterocycles. The van der Waals surface area contributed by atoms with Crippen LogP contribution in [0.2, 0.25) is 0 Å². The summed E-state index contributed by atoms with van der Waals surface area (Å²) in [5.41, 5.74) is 3.77. The third-order valence-corrected chi connectivity index (χ3v) is 6.76. The van der Waals surface area contributed by atoms with Crippen molar-refractivity contribution in [2.45, 2.75) is 39.9 Å². The van der Waals surface area contributed by atoms with Crippen molar-refractivity contribution in [1.29, 1.82) is 0 Å². The monoisotopic (exact) mass is 489 g/mol. The van der Waals surface area contributed by atoms with Gasteiger partial charge in [0.2, 0.25) is 0 Å². The van der Waals surface area contributed by atoms with E-state index in [1.807, 2.05) is 29.3 Å². The molecule has 0 aliphatic carbocycles. The zero-order valence-corrected chi connectivity index (χ0v) is 21.2. The van der Waals surface area contributed by atoms with Gasteiger partial charge in [0.25, 0.3) is 5.91 Å². The van der Waals surface area contributed by atoms with Crippen molar-refractivity contribution in [3.05, 3.63) is 76.9 Å². The van der Waals surface area contributed by atoms with Gasteiger partial charge in [-0.1, -0.05) is 31.1 Å². The topological polar surface area (TPSA) is 74.9 Å². The van der Waals surface area contributed by atoms with Gasteiger partial charge in [-0.25, -0.2) is 0 Å². The molecule has 0 saturated carbocycles. The SMILES string of the molecule is CC(C)Cc1cc(C(=O)N2CCOc3ccc(CN4CCN(Cc5ccccn5)CC4)cc3C2)no1. The fourth-order valence-corrected chi connectivity index (χ4v) is 4.88. The van der Waals surface area contributed by atoms with Gasteiger partial charge in [0.15, 0.2) is 5.69 Å². The van der Waals surface area contributed by atoms with Crippen LogP contribution in [0.3, 0.4) is 0 Å². The van der Waals surface area contributed by atoms with Crippen molar-refractivity contribution in [2.75, 3.05) is 39.3 Å². The van der Waals surface area contributed by atoms with E-state index in [2.05, 4.69) is 52.0 Å². The van der Waals surface area contributed by atoms with E-state index in [1.54, 1.807) is 6.07 Å². The molecule has 190 valence electrons. The number of pyridine rings is 1. The molecule has 1 fully saturated rings. The Balaban J connectivity index is 1.19. The maximum atomic E-state index is 13.2. The summed E-state index contributed by atoms with van der Waals surface area (Å²) in [5, 5.41) is 4.04. The second-order valence-corrected chi connectivity index (χ2v) is 10.2. The normalized spacial score (nSPS) is 17.0. The first-order valence-electron chi connectivity index (χ1n) is 12.9. The Hall–Kier alpha value is -3.23. The third kappa shape index (κ3) is 6.12. The van der Waals surface area contributed by atoms with Gasteiger partial charge in [0.1, 0.15) is 18.1 Å². The van der Waals surface area contributed by atoms with Crippen LogP contribution in [0.15, 0.2) is 53.2 Å². The van der Waals surface area contributed by atoms with Gasteiger partial charge in [-0.15, -0.1) is 0 Å². The number of carbonyl (C=O) groups is 1. The number of ether oxygens (including phenoxy) is 1. The van der Waals surface area contributed by atoms with Crippen LogP contribution in [0.5, 0.6) is 5.75 Å². The van der Waals surface area contributed by atoms with Gasteiger partial charge in [-0.05, 0) is 35.7 Å². The molecule has 0 unspecified atom stereocenters. The van der Waals surface area contributed by atoms with Crippen LogP contribution in [-0.4, -0.2) is 70.1 Å². The summed E-state index contributed by atoms with van der Waals surface area (Å²) in [4.78, 5) is 24.4. The molecule has 1 saturated heterocycles. The Morgan fingerprint density at radius 3 is 2.56 bits per heavy atom. The summed E-state index contributed by atoms with van der Waals surface area (Å²) in [7, 11) is 0. The molecular weight excluding hydrogens is 454 g/mol. The Morgan fingerprint density at radius 2 is 1.81 bits per heavy atom. The van der Waals surface area contributed by atoms with E-state index in [9.17, 15) is 4.79 Å². The summed E-state index contributed by atoms with van der Waals surface area (Å²) < 4.78 is 11.4. The van der Waals surface area contributed by atoms with Crippen LogP contribution in [0.4, 0.5) is 0 Å². The predicted octanol–water partition coefficient (Wildman–Crippen LogP) is 3.62. The van der Waals surface area contributed by atoms with E-state index < -0.39 is 0 Å². The minimum Gasteiger partial charge on any atom is -0.491 e. The van der Waals surface area contributed by atoms with Crippen LogP contribution in [0, 0.1) is 5.92 Å². The van der Waals surface area contributed by atoms with Crippen molar-refractivity contribution in [1.82, 2.24) is 24.8 Å². The first-order chi connectivity index (χ1) is 17.5. The Kier molecular flexibility index (Phi) is 7.63. The zero-order chi connectivity index (χ0) is 24.9. The van der Waals surface area contributed by atoms with Gasteiger partial charge in [0.05, 0.1) is 12.2 Å². The molecule has 8 nitrogen and oxygen atoms in total. The summed E-state index contributed by atoms with van der Waals surface area (Å²) in [6, 6.07) is 14.3. The van der Waals surface area contributed by atoms with E-state index in [1.165, 1.54) is 5.56 Å². The van der Waals surface area contributed by atoms with Crippen LogP contribution >= 0.6 is 0 Å². The smallest absolute Gasteiger partial charge is 0.276 e. The number of nitrogens with zero attached hydrogens (tertiary/aromatic N) is 5. The Labute approximate surface area is 212 Å². The molecule has 1 amide bonds. The van der Waals surface area contributed by atoms with Gasteiger partial charge in [-0.3, -0.25) is 19.6 Å². The lowest BCUT2D eigenvalue weighted by Crippen LogP contribution is -2.45. The molecule has 2 aromatic heterocycles. The van der Waals surface area contributed by atoms with Crippen molar-refractivity contribution < 1.29 is 14.1 Å². The zero-order valence-electron chi connectivity index (χ0n) is 21.2. The number of amides is 1. The largest absolute Gasteiger partial charge is 0.491 e. The van der Waals surface area contributed by atoms with Crippen molar-refractivity contribution >= 4 is 5.91 Å². The fraction of sp³-hybridized carbons (Fsp3) is 0.464. The van der Waals surface area contributed by atoms with E-state index in [-0.39, 0.29) is 5.91 Å². The molecule has 2 aliphatic rings. The number of benzene rings is 1. The maximum absolute atomic E-state index is 13.2. The average Bonchev–Trinajstić information content (AvgIpc) is 3.23. The highest BCUT2D eigenvalue weighted by Gasteiger charge is 2.25. The van der Waals surface area contributed by atoms with E-state index in [4.69, 9.17) is 9.26 Å². The number of aromatic nitrogens is 2. The summed E-state index contributed by atoms with van der Waals surface area (Å²) in [6.07, 6.45) is 2.63. The average molecular weight is 490 g/mol. The van der Waals surface area contributed by atoms with E-state index in [0.717, 1.165) is 68.5 Å². The minimum absolute atomic E-state index is 0.111. The number of hydrogen-bond acceptors (Lipinski definition) is 7. The van der Waals surface area contributed by atoms with E-state index in [0.29, 0.717) is 31.3 Å². The molecule has 0 atom stereocenters. The highest BCUT2D eigenvalue weighted by Crippen LogP contribution is 2.26. The number of fused-ring (bicyclic) bond motifs is 1. The summed E-state index contributed by atoms with van der Waals surface area (Å²) >= 11 is 0. The Morgan fingerprint density at radius 1 is 1.00 bits per heavy atom. The quantitative estimate of drug-likeness (QED) is 0.502. The van der Waals surface area contributed by atoms with Crippen LogP contribution in [0.1, 0.15) is 46.9 Å². The van der Waals surface area contributed by atoms with Gasteiger partial charge in [-0.2, -0.15) is 0 Å². The molecular formula is C28H35N5O3. The van der Waals surface area contributed by atoms with Gasteiger partial charge in [0, 0.05) is 70.1 Å². The minimum atomic E-state index is -0.111. The third-order valence-electron chi connectivity index (χ3n) is 6.76.